The van der Waals surface area contributed by atoms with Crippen molar-refractivity contribution in [2.24, 2.45) is 5.92 Å². The Labute approximate surface area is 177 Å². The normalized spacial score (nSPS) is 16.3. The molecule has 6 nitrogen and oxygen atoms in total. The molecule has 1 heterocycles. The molecule has 1 amide bonds. The second kappa shape index (κ2) is 9.14. The molecule has 1 atom stereocenters. The number of likely N-dealkylation sites (tertiary alicyclic amines) is 1. The van der Waals surface area contributed by atoms with E-state index in [2.05, 4.69) is 11.6 Å². The summed E-state index contributed by atoms with van der Waals surface area (Å²) >= 11 is 0. The number of methoxy groups -OCH3 is 1. The zero-order valence-electron chi connectivity index (χ0n) is 17.4. The molecule has 0 saturated carbocycles. The smallest absolute Gasteiger partial charge is 0.257 e. The number of benzene rings is 2. The fourth-order valence-electron chi connectivity index (χ4n) is 3.52. The number of rotatable bonds is 6. The zero-order chi connectivity index (χ0) is 21.9. The number of halogens is 1. The van der Waals surface area contributed by atoms with Gasteiger partial charge in [0.15, 0.2) is 0 Å². The Hall–Kier alpha value is -2.45. The number of hydrogen-bond acceptors (Lipinski definition) is 4. The van der Waals surface area contributed by atoms with Crippen LogP contribution in [0.2, 0.25) is 0 Å². The van der Waals surface area contributed by atoms with Crippen molar-refractivity contribution in [2.75, 3.05) is 20.2 Å². The van der Waals surface area contributed by atoms with E-state index in [-0.39, 0.29) is 22.2 Å². The second-order valence-corrected chi connectivity index (χ2v) is 9.45. The highest BCUT2D eigenvalue weighted by atomic mass is 32.2. The van der Waals surface area contributed by atoms with E-state index >= 15 is 0 Å². The molecule has 0 aliphatic carbocycles. The average molecular weight is 435 g/mol. The van der Waals surface area contributed by atoms with Gasteiger partial charge in [0, 0.05) is 19.1 Å². The van der Waals surface area contributed by atoms with Crippen LogP contribution >= 0.6 is 0 Å². The molecule has 30 heavy (non-hydrogen) atoms. The van der Waals surface area contributed by atoms with Crippen LogP contribution in [0.1, 0.15) is 48.7 Å². The summed E-state index contributed by atoms with van der Waals surface area (Å²) in [6.07, 6.45) is 1.84. The van der Waals surface area contributed by atoms with Crippen molar-refractivity contribution in [3.8, 4) is 5.75 Å². The first-order valence-electron chi connectivity index (χ1n) is 9.96. The van der Waals surface area contributed by atoms with Gasteiger partial charge in [-0.25, -0.2) is 17.5 Å². The molecule has 1 unspecified atom stereocenters. The van der Waals surface area contributed by atoms with E-state index in [9.17, 15) is 17.6 Å². The Bertz CT molecular complexity index is 1000. The summed E-state index contributed by atoms with van der Waals surface area (Å²) in [7, 11) is -2.46. The summed E-state index contributed by atoms with van der Waals surface area (Å²) in [5.41, 5.74) is 0.858. The summed E-state index contributed by atoms with van der Waals surface area (Å²) < 4.78 is 46.9. The lowest BCUT2D eigenvalue weighted by atomic mass is 9.98. The van der Waals surface area contributed by atoms with E-state index in [1.54, 1.807) is 11.8 Å². The lowest BCUT2D eigenvalue weighted by Crippen LogP contribution is -2.38. The molecule has 1 aliphatic heterocycles. The van der Waals surface area contributed by atoms with Crippen LogP contribution in [0.3, 0.4) is 0 Å². The summed E-state index contributed by atoms with van der Waals surface area (Å²) in [4.78, 5) is 14.8. The Balaban J connectivity index is 1.85. The SMILES string of the molecule is COc1ccc(S(=O)(=O)NC(C)c2ccc(F)cc2)cc1C(=O)N1CCC(C)CC1. The molecule has 1 fully saturated rings. The van der Waals surface area contributed by atoms with E-state index < -0.39 is 16.1 Å². The molecule has 0 bridgehead atoms. The Kier molecular flexibility index (Phi) is 6.77. The molecule has 3 rings (SSSR count). The molecule has 1 aliphatic rings. The Morgan fingerprint density at radius 1 is 1.17 bits per heavy atom. The summed E-state index contributed by atoms with van der Waals surface area (Å²) in [5.74, 6) is 0.283. The molecular weight excluding hydrogens is 407 g/mol. The first-order valence-corrected chi connectivity index (χ1v) is 11.4. The molecule has 2 aromatic carbocycles. The summed E-state index contributed by atoms with van der Waals surface area (Å²) in [5, 5.41) is 0. The fourth-order valence-corrected chi connectivity index (χ4v) is 4.78. The van der Waals surface area contributed by atoms with E-state index in [1.165, 1.54) is 49.6 Å². The molecule has 1 saturated heterocycles. The number of carbonyl (C=O) groups is 1. The molecule has 162 valence electrons. The molecule has 1 N–H and O–H groups in total. The zero-order valence-corrected chi connectivity index (χ0v) is 18.2. The first-order chi connectivity index (χ1) is 14.2. The van der Waals surface area contributed by atoms with Gasteiger partial charge >= 0.3 is 0 Å². The molecule has 2 aromatic rings. The lowest BCUT2D eigenvalue weighted by Gasteiger charge is -2.30. The fraction of sp³-hybridized carbons (Fsp3) is 0.409. The minimum Gasteiger partial charge on any atom is -0.496 e. The molecule has 0 aromatic heterocycles. The molecule has 8 heteroatoms. The van der Waals surface area contributed by atoms with Crippen LogP contribution in [-0.2, 0) is 10.0 Å². The molecular formula is C22H27FN2O4S. The number of carbonyl (C=O) groups excluding carboxylic acids is 1. The van der Waals surface area contributed by atoms with Crippen LogP contribution < -0.4 is 9.46 Å². The van der Waals surface area contributed by atoms with Gasteiger partial charge in [0.05, 0.1) is 17.6 Å². The predicted octanol–water partition coefficient (Wildman–Crippen LogP) is 3.75. The van der Waals surface area contributed by atoms with Crippen LogP contribution in [0.15, 0.2) is 47.4 Å². The highest BCUT2D eigenvalue weighted by Crippen LogP contribution is 2.27. The maximum Gasteiger partial charge on any atom is 0.257 e. The predicted molar refractivity (Wildman–Crippen MR) is 112 cm³/mol. The maximum atomic E-state index is 13.1. The van der Waals surface area contributed by atoms with Crippen molar-refractivity contribution in [1.29, 1.82) is 0 Å². The average Bonchev–Trinajstić information content (AvgIpc) is 2.73. The van der Waals surface area contributed by atoms with Gasteiger partial charge in [-0.2, -0.15) is 0 Å². The van der Waals surface area contributed by atoms with Gasteiger partial charge in [-0.15, -0.1) is 0 Å². The highest BCUT2D eigenvalue weighted by molar-refractivity contribution is 7.89. The number of nitrogens with one attached hydrogen (secondary N) is 1. The topological polar surface area (TPSA) is 75.7 Å². The van der Waals surface area contributed by atoms with Crippen molar-refractivity contribution < 1.29 is 22.3 Å². The summed E-state index contributed by atoms with van der Waals surface area (Å²) in [6, 6.07) is 9.32. The van der Waals surface area contributed by atoms with E-state index in [4.69, 9.17) is 4.74 Å². The van der Waals surface area contributed by atoms with Gasteiger partial charge in [-0.1, -0.05) is 19.1 Å². The first kappa shape index (κ1) is 22.2. The van der Waals surface area contributed by atoms with Gasteiger partial charge in [-0.3, -0.25) is 4.79 Å². The standard InChI is InChI=1S/C22H27FN2O4S/c1-15-10-12-25(13-11-15)22(26)20-14-19(8-9-21(20)29-3)30(27,28)24-16(2)17-4-6-18(23)7-5-17/h4-9,14-16,24H,10-13H2,1-3H3. The van der Waals surface area contributed by atoms with Gasteiger partial charge < -0.3 is 9.64 Å². The third-order valence-electron chi connectivity index (χ3n) is 5.48. The van der Waals surface area contributed by atoms with Gasteiger partial charge in [0.1, 0.15) is 11.6 Å². The van der Waals surface area contributed by atoms with Crippen LogP contribution in [0, 0.1) is 11.7 Å². The van der Waals surface area contributed by atoms with Crippen LogP contribution in [-0.4, -0.2) is 39.4 Å². The Morgan fingerprint density at radius 2 is 1.80 bits per heavy atom. The third kappa shape index (κ3) is 4.99. The van der Waals surface area contributed by atoms with Crippen LogP contribution in [0.5, 0.6) is 5.75 Å². The van der Waals surface area contributed by atoms with Crippen molar-refractivity contribution >= 4 is 15.9 Å². The van der Waals surface area contributed by atoms with E-state index in [0.717, 1.165) is 12.8 Å². The van der Waals surface area contributed by atoms with Crippen molar-refractivity contribution in [3.63, 3.8) is 0 Å². The minimum atomic E-state index is -3.91. The molecule has 0 radical (unpaired) electrons. The van der Waals surface area contributed by atoms with E-state index in [0.29, 0.717) is 30.3 Å². The number of hydrogen-bond donors (Lipinski definition) is 1. The van der Waals surface area contributed by atoms with Gasteiger partial charge in [-0.05, 0) is 61.6 Å². The maximum absolute atomic E-state index is 13.1. The minimum absolute atomic E-state index is 0.0222. The quantitative estimate of drug-likeness (QED) is 0.751. The number of amides is 1. The lowest BCUT2D eigenvalue weighted by molar-refractivity contribution is 0.0693. The number of sulfonamides is 1. The van der Waals surface area contributed by atoms with Gasteiger partial charge in [0.2, 0.25) is 10.0 Å². The Morgan fingerprint density at radius 3 is 2.40 bits per heavy atom. The van der Waals surface area contributed by atoms with Crippen molar-refractivity contribution in [1.82, 2.24) is 9.62 Å². The number of nitrogens with zero attached hydrogens (tertiary/aromatic N) is 1. The van der Waals surface area contributed by atoms with Crippen molar-refractivity contribution in [2.45, 2.75) is 37.6 Å². The monoisotopic (exact) mass is 434 g/mol. The summed E-state index contributed by atoms with van der Waals surface area (Å²) in [6.45, 7) is 5.11. The number of ether oxygens (including phenoxy) is 1. The largest absolute Gasteiger partial charge is 0.496 e. The van der Waals surface area contributed by atoms with Crippen molar-refractivity contribution in [3.05, 3.63) is 59.4 Å². The third-order valence-corrected chi connectivity index (χ3v) is 7.02. The number of piperidine rings is 1. The molecule has 0 spiro atoms. The van der Waals surface area contributed by atoms with Gasteiger partial charge in [0.25, 0.3) is 5.91 Å². The highest BCUT2D eigenvalue weighted by Gasteiger charge is 2.26. The van der Waals surface area contributed by atoms with Crippen LogP contribution in [0.25, 0.3) is 0 Å². The van der Waals surface area contributed by atoms with E-state index in [1.807, 2.05) is 0 Å². The second-order valence-electron chi connectivity index (χ2n) is 7.73. The van der Waals surface area contributed by atoms with Crippen LogP contribution in [0.4, 0.5) is 4.39 Å².